The zero-order valence-electron chi connectivity index (χ0n) is 30.0. The molecule has 2 aliphatic heterocycles. The lowest BCUT2D eigenvalue weighted by molar-refractivity contribution is -0.629. The van der Waals surface area contributed by atoms with Crippen LogP contribution in [0.4, 0.5) is 5.82 Å². The number of hydrogen-bond donors (Lipinski definition) is 0. The summed E-state index contributed by atoms with van der Waals surface area (Å²) in [5.41, 5.74) is 2.58. The molecule has 53 heavy (non-hydrogen) atoms. The number of hydrogen-bond acceptors (Lipinski definition) is 9. The van der Waals surface area contributed by atoms with Crippen molar-refractivity contribution >= 4 is 70.7 Å². The molecule has 2 aromatic heterocycles. The van der Waals surface area contributed by atoms with Gasteiger partial charge in [0.25, 0.3) is 5.49 Å². The van der Waals surface area contributed by atoms with Gasteiger partial charge in [-0.1, -0.05) is 18.2 Å². The SMILES string of the molecule is COc1ccc2c(c1OC)c(N=c1c3c(OC)c(OC)ccc3c3ccc4cc5c(cc4c3n1C)OCO5)[n+](C)c1c3cc4c(cc3ccc21)OCO4. The summed E-state index contributed by atoms with van der Waals surface area (Å²) in [6, 6.07) is 24.6. The van der Waals surface area contributed by atoms with E-state index in [-0.39, 0.29) is 13.6 Å². The zero-order chi connectivity index (χ0) is 36.1. The van der Waals surface area contributed by atoms with Crippen LogP contribution < -0.4 is 47.9 Å². The van der Waals surface area contributed by atoms with E-state index in [0.717, 1.165) is 76.4 Å². The van der Waals surface area contributed by atoms with E-state index in [0.29, 0.717) is 45.8 Å². The van der Waals surface area contributed by atoms with Crippen molar-refractivity contribution in [3.8, 4) is 46.0 Å². The third kappa shape index (κ3) is 4.27. The highest BCUT2D eigenvalue weighted by molar-refractivity contribution is 6.19. The minimum absolute atomic E-state index is 0.184. The van der Waals surface area contributed by atoms with E-state index in [1.807, 2.05) is 50.5 Å². The van der Waals surface area contributed by atoms with E-state index in [1.165, 1.54) is 0 Å². The van der Waals surface area contributed by atoms with Crippen LogP contribution in [0, 0.1) is 0 Å². The second kappa shape index (κ2) is 11.4. The van der Waals surface area contributed by atoms with Crippen molar-refractivity contribution in [2.45, 2.75) is 0 Å². The molecule has 11 heteroatoms. The lowest BCUT2D eigenvalue weighted by Crippen LogP contribution is -2.32. The Balaban J connectivity index is 1.45. The molecule has 0 atom stereocenters. The van der Waals surface area contributed by atoms with Crippen LogP contribution in [-0.2, 0) is 14.1 Å². The normalized spacial score (nSPS) is 13.7. The molecule has 4 heterocycles. The van der Waals surface area contributed by atoms with Gasteiger partial charge in [0.1, 0.15) is 10.9 Å². The van der Waals surface area contributed by atoms with E-state index in [1.54, 1.807) is 28.4 Å². The summed E-state index contributed by atoms with van der Waals surface area (Å²) in [5, 5.41) is 9.53. The third-order valence-corrected chi connectivity index (χ3v) is 10.6. The minimum atomic E-state index is 0.184. The van der Waals surface area contributed by atoms with Gasteiger partial charge in [-0.2, -0.15) is 0 Å². The maximum atomic E-state index is 6.14. The number of methoxy groups -OCH3 is 4. The molecule has 0 aliphatic carbocycles. The average molecular weight is 709 g/mol. The van der Waals surface area contributed by atoms with Crippen molar-refractivity contribution < 1.29 is 42.5 Å². The number of nitrogens with zero attached hydrogens (tertiary/aromatic N) is 3. The molecule has 11 nitrogen and oxygen atoms in total. The van der Waals surface area contributed by atoms with E-state index < -0.39 is 0 Å². The topological polar surface area (TPSA) is 95.0 Å². The highest BCUT2D eigenvalue weighted by Crippen LogP contribution is 2.46. The van der Waals surface area contributed by atoms with E-state index in [9.17, 15) is 0 Å². The number of aryl methyl sites for hydroxylation is 2. The Kier molecular flexibility index (Phi) is 6.72. The van der Waals surface area contributed by atoms with Crippen molar-refractivity contribution in [3.63, 3.8) is 0 Å². The van der Waals surface area contributed by atoms with Gasteiger partial charge in [-0.25, -0.2) is 4.57 Å². The quantitative estimate of drug-likeness (QED) is 0.134. The number of rotatable bonds is 5. The summed E-state index contributed by atoms with van der Waals surface area (Å²) in [4.78, 5) is 5.67. The fraction of sp³-hybridized carbons (Fsp3) is 0.190. The Morgan fingerprint density at radius 3 is 1.68 bits per heavy atom. The predicted molar refractivity (Wildman–Crippen MR) is 202 cm³/mol. The molecule has 264 valence electrons. The second-order valence-corrected chi connectivity index (χ2v) is 13.1. The van der Waals surface area contributed by atoms with Crippen LogP contribution in [0.2, 0.25) is 0 Å². The Labute approximate surface area is 302 Å². The third-order valence-electron chi connectivity index (χ3n) is 10.6. The van der Waals surface area contributed by atoms with Crippen LogP contribution in [0.25, 0.3) is 64.9 Å². The first kappa shape index (κ1) is 31.1. The summed E-state index contributed by atoms with van der Waals surface area (Å²) in [6.07, 6.45) is 0. The highest BCUT2D eigenvalue weighted by Gasteiger charge is 2.29. The van der Waals surface area contributed by atoms with Gasteiger partial charge >= 0.3 is 5.82 Å². The van der Waals surface area contributed by atoms with Crippen LogP contribution in [0.1, 0.15) is 0 Å². The summed E-state index contributed by atoms with van der Waals surface area (Å²) in [6.45, 7) is 0.368. The van der Waals surface area contributed by atoms with Crippen LogP contribution in [0.3, 0.4) is 0 Å². The first-order valence-electron chi connectivity index (χ1n) is 17.1. The number of ether oxygens (including phenoxy) is 8. The Morgan fingerprint density at radius 1 is 0.566 bits per heavy atom. The van der Waals surface area contributed by atoms with Crippen molar-refractivity contribution in [3.05, 3.63) is 78.3 Å². The van der Waals surface area contributed by atoms with E-state index in [2.05, 4.69) is 45.5 Å². The molecular formula is C42H34N3O8+. The molecule has 8 aromatic rings. The Morgan fingerprint density at radius 2 is 1.08 bits per heavy atom. The van der Waals surface area contributed by atoms with Crippen LogP contribution in [-0.4, -0.2) is 46.6 Å². The smallest absolute Gasteiger partial charge is 0.337 e. The van der Waals surface area contributed by atoms with Crippen LogP contribution in [0.15, 0.2) is 77.8 Å². The number of pyridine rings is 2. The van der Waals surface area contributed by atoms with Crippen molar-refractivity contribution in [2.24, 2.45) is 19.1 Å². The predicted octanol–water partition coefficient (Wildman–Crippen LogP) is 7.49. The summed E-state index contributed by atoms with van der Waals surface area (Å²) < 4.78 is 51.4. The molecule has 0 N–H and O–H groups in total. The first-order valence-corrected chi connectivity index (χ1v) is 17.1. The molecule has 2 aliphatic rings. The molecule has 10 rings (SSSR count). The van der Waals surface area contributed by atoms with E-state index in [4.69, 9.17) is 42.9 Å². The summed E-state index contributed by atoms with van der Waals surface area (Å²) in [7, 11) is 10.6. The molecule has 6 aromatic carbocycles. The van der Waals surface area contributed by atoms with Gasteiger partial charge in [-0.05, 0) is 70.4 Å². The molecule has 0 fully saturated rings. The number of benzene rings is 6. The molecule has 0 unspecified atom stereocenters. The molecule has 0 bridgehead atoms. The lowest BCUT2D eigenvalue weighted by Gasteiger charge is -2.17. The molecule has 0 radical (unpaired) electrons. The van der Waals surface area contributed by atoms with Gasteiger partial charge in [0.15, 0.2) is 46.0 Å². The van der Waals surface area contributed by atoms with Gasteiger partial charge in [0.2, 0.25) is 13.6 Å². The average Bonchev–Trinajstić information content (AvgIpc) is 3.85. The monoisotopic (exact) mass is 708 g/mol. The van der Waals surface area contributed by atoms with Gasteiger partial charge in [-0.15, -0.1) is 0 Å². The number of fused-ring (bicyclic) bond motifs is 12. The number of aromatic nitrogens is 2. The summed E-state index contributed by atoms with van der Waals surface area (Å²) >= 11 is 0. The van der Waals surface area contributed by atoms with E-state index >= 15 is 0 Å². The van der Waals surface area contributed by atoms with Crippen LogP contribution in [0.5, 0.6) is 46.0 Å². The standard InChI is InChI=1S/C42H34N3O8/c1-44-37-25(9-7-21-15-31-33(17-27(21)37)52-19-50-31)23-11-13-29(46-3)39(48-5)35(23)41(44)43-42-36-24(12-14-30(47-4)40(36)49-6)26-10-8-22-16-32-34(53-20-51-32)18-28(22)38(26)45(42)2/h7-18H,19-20H2,1-6H3/q+1. The maximum Gasteiger partial charge on any atom is 0.337 e. The zero-order valence-corrected chi connectivity index (χ0v) is 30.0. The van der Waals surface area contributed by atoms with Crippen molar-refractivity contribution in [1.29, 1.82) is 0 Å². The molecule has 0 amide bonds. The van der Waals surface area contributed by atoms with Gasteiger partial charge in [0.05, 0.1) is 46.4 Å². The Bertz CT molecular complexity index is 2990. The second-order valence-electron chi connectivity index (χ2n) is 13.1. The fourth-order valence-corrected chi connectivity index (χ4v) is 8.21. The largest absolute Gasteiger partial charge is 0.493 e. The maximum absolute atomic E-state index is 6.14. The van der Waals surface area contributed by atoms with Gasteiger partial charge in [-0.3, -0.25) is 0 Å². The fourth-order valence-electron chi connectivity index (χ4n) is 8.21. The van der Waals surface area contributed by atoms with Gasteiger partial charge < -0.3 is 42.5 Å². The molecule has 0 spiro atoms. The van der Waals surface area contributed by atoms with Crippen molar-refractivity contribution in [1.82, 2.24) is 4.57 Å². The summed E-state index contributed by atoms with van der Waals surface area (Å²) in [5.74, 6) is 5.82. The first-order chi connectivity index (χ1) is 25.9. The van der Waals surface area contributed by atoms with Crippen LogP contribution >= 0.6 is 0 Å². The molecule has 0 saturated heterocycles. The molecule has 0 saturated carbocycles. The van der Waals surface area contributed by atoms with Crippen molar-refractivity contribution in [2.75, 3.05) is 42.0 Å². The van der Waals surface area contributed by atoms with Gasteiger partial charge in [0, 0.05) is 39.4 Å². The molecular weight excluding hydrogens is 674 g/mol. The minimum Gasteiger partial charge on any atom is -0.493 e. The lowest BCUT2D eigenvalue weighted by atomic mass is 9.99. The Hall–Kier alpha value is -6.62. The highest BCUT2D eigenvalue weighted by atomic mass is 16.7.